The molecule has 0 radical (unpaired) electrons. The number of benzene rings is 1. The third kappa shape index (κ3) is 6.19. The second kappa shape index (κ2) is 12.2. The number of hydrogen-bond acceptors (Lipinski definition) is 4. The van der Waals surface area contributed by atoms with Gasteiger partial charge >= 0.3 is 0 Å². The molecule has 0 bridgehead atoms. The molecule has 1 aliphatic rings. The monoisotopic (exact) mass is 547 g/mol. The van der Waals surface area contributed by atoms with Crippen molar-refractivity contribution in [3.63, 3.8) is 0 Å². The van der Waals surface area contributed by atoms with E-state index in [0.717, 1.165) is 62.7 Å². The lowest BCUT2D eigenvalue weighted by Gasteiger charge is -2.37. The van der Waals surface area contributed by atoms with E-state index < -0.39 is 0 Å². The number of aryl methyl sites for hydroxylation is 1. The molecule has 4 rings (SSSR count). The number of nitrogens with one attached hydrogen (secondary N) is 2. The van der Waals surface area contributed by atoms with E-state index >= 15 is 0 Å². The zero-order valence-corrected chi connectivity index (χ0v) is 21.3. The average molecular weight is 547 g/mol. The molecule has 0 saturated carbocycles. The summed E-state index contributed by atoms with van der Waals surface area (Å²) in [5, 5.41) is 15.6. The van der Waals surface area contributed by atoms with Crippen molar-refractivity contribution in [3.8, 4) is 0 Å². The summed E-state index contributed by atoms with van der Waals surface area (Å²) >= 11 is 0. The number of hydrogen-bond donors (Lipinski definition) is 2. The van der Waals surface area contributed by atoms with Gasteiger partial charge in [0, 0.05) is 51.4 Å². The highest BCUT2D eigenvalue weighted by molar-refractivity contribution is 14.0. The summed E-state index contributed by atoms with van der Waals surface area (Å²) in [6.07, 6.45) is 6.13. The molecule has 1 fully saturated rings. The summed E-state index contributed by atoms with van der Waals surface area (Å²) in [4.78, 5) is 6.99. The first kappa shape index (κ1) is 24.4. The third-order valence-electron chi connectivity index (χ3n) is 6.18. The Balaban J connectivity index is 0.00000289. The lowest BCUT2D eigenvalue weighted by Crippen LogP contribution is -2.49. The number of aliphatic imine (C=N–C) groups is 1. The first-order valence-electron chi connectivity index (χ1n) is 11.3. The van der Waals surface area contributed by atoms with Crippen LogP contribution in [0.25, 0.3) is 5.65 Å². The van der Waals surface area contributed by atoms with Crippen LogP contribution in [0.1, 0.15) is 43.6 Å². The summed E-state index contributed by atoms with van der Waals surface area (Å²) in [5.74, 6) is 1.89. The van der Waals surface area contributed by atoms with Gasteiger partial charge in [-0.2, -0.15) is 0 Å². The third-order valence-corrected chi connectivity index (χ3v) is 6.18. The summed E-state index contributed by atoms with van der Waals surface area (Å²) in [6.45, 7) is 5.36. The second-order valence-corrected chi connectivity index (χ2v) is 8.19. The topological polar surface area (TPSA) is 69.8 Å². The zero-order valence-electron chi connectivity index (χ0n) is 18.9. The van der Waals surface area contributed by atoms with Gasteiger partial charge in [-0.3, -0.25) is 14.3 Å². The Labute approximate surface area is 207 Å². The maximum Gasteiger partial charge on any atom is 0.191 e. The first-order valence-corrected chi connectivity index (χ1v) is 11.3. The predicted octanol–water partition coefficient (Wildman–Crippen LogP) is 3.67. The summed E-state index contributed by atoms with van der Waals surface area (Å²) in [6, 6.07) is 17.7. The smallest absolute Gasteiger partial charge is 0.191 e. The van der Waals surface area contributed by atoms with Crippen molar-refractivity contribution < 1.29 is 0 Å². The van der Waals surface area contributed by atoms with Gasteiger partial charge in [0.15, 0.2) is 11.6 Å². The number of pyridine rings is 1. The number of aromatic nitrogens is 3. The van der Waals surface area contributed by atoms with Crippen molar-refractivity contribution in [1.82, 2.24) is 30.1 Å². The van der Waals surface area contributed by atoms with E-state index in [-0.39, 0.29) is 24.0 Å². The van der Waals surface area contributed by atoms with E-state index in [1.807, 2.05) is 31.4 Å². The highest BCUT2D eigenvalue weighted by Crippen LogP contribution is 2.23. The Morgan fingerprint density at radius 2 is 1.84 bits per heavy atom. The average Bonchev–Trinajstić information content (AvgIpc) is 3.24. The van der Waals surface area contributed by atoms with Gasteiger partial charge in [-0.1, -0.05) is 36.4 Å². The van der Waals surface area contributed by atoms with E-state index in [1.54, 1.807) is 0 Å². The molecule has 7 nitrogen and oxygen atoms in total. The molecule has 1 saturated heterocycles. The molecule has 172 valence electrons. The van der Waals surface area contributed by atoms with Gasteiger partial charge in [-0.15, -0.1) is 34.2 Å². The zero-order chi connectivity index (χ0) is 21.5. The minimum atomic E-state index is 0. The van der Waals surface area contributed by atoms with Crippen LogP contribution >= 0.6 is 24.0 Å². The van der Waals surface area contributed by atoms with Crippen molar-refractivity contribution >= 4 is 35.6 Å². The molecule has 2 N–H and O–H groups in total. The molecule has 0 aliphatic carbocycles. The van der Waals surface area contributed by atoms with Crippen molar-refractivity contribution in [2.75, 3.05) is 26.7 Å². The minimum Gasteiger partial charge on any atom is -0.356 e. The van der Waals surface area contributed by atoms with Gasteiger partial charge in [0.25, 0.3) is 0 Å². The molecule has 1 aromatic carbocycles. The molecule has 1 atom stereocenters. The maximum absolute atomic E-state index is 4.42. The van der Waals surface area contributed by atoms with E-state index in [2.05, 4.69) is 72.4 Å². The Morgan fingerprint density at radius 3 is 2.59 bits per heavy atom. The number of guanidine groups is 1. The normalized spacial score (nSPS) is 16.5. The molecular formula is C24H34IN7. The van der Waals surface area contributed by atoms with Crippen molar-refractivity contribution in [2.24, 2.45) is 4.99 Å². The lowest BCUT2D eigenvalue weighted by molar-refractivity contribution is 0.158. The van der Waals surface area contributed by atoms with Crippen LogP contribution in [0, 0.1) is 0 Å². The first-order chi connectivity index (χ1) is 15.2. The maximum atomic E-state index is 4.42. The van der Waals surface area contributed by atoms with Crippen LogP contribution in [0.15, 0.2) is 59.7 Å². The number of likely N-dealkylation sites (tertiary alicyclic amines) is 1. The van der Waals surface area contributed by atoms with Crippen molar-refractivity contribution in [3.05, 3.63) is 66.1 Å². The Kier molecular flexibility index (Phi) is 9.28. The van der Waals surface area contributed by atoms with E-state index in [1.165, 1.54) is 5.56 Å². The fraction of sp³-hybridized carbons (Fsp3) is 0.458. The van der Waals surface area contributed by atoms with Gasteiger partial charge < -0.3 is 10.6 Å². The van der Waals surface area contributed by atoms with Gasteiger partial charge in [0.1, 0.15) is 5.82 Å². The predicted molar refractivity (Wildman–Crippen MR) is 141 cm³/mol. The van der Waals surface area contributed by atoms with Gasteiger partial charge in [-0.25, -0.2) is 0 Å². The molecule has 2 aromatic heterocycles. The number of rotatable bonds is 7. The minimum absolute atomic E-state index is 0. The van der Waals surface area contributed by atoms with Crippen LogP contribution in [-0.4, -0.2) is 58.2 Å². The number of halogens is 1. The standard InChI is InChI=1S/C24H33N7.HI/c1-19(20-9-4-3-5-10-20)30-17-13-21(14-18-30)27-24(25-2)26-15-8-12-23-29-28-22-11-6-7-16-31(22)23;/h3-7,9-11,16,19,21H,8,12-15,17-18H2,1-2H3,(H2,25,26,27);1H. The van der Waals surface area contributed by atoms with Crippen molar-refractivity contribution in [1.29, 1.82) is 0 Å². The second-order valence-electron chi connectivity index (χ2n) is 8.19. The van der Waals surface area contributed by atoms with Crippen LogP contribution in [0.5, 0.6) is 0 Å². The quantitative estimate of drug-likeness (QED) is 0.205. The summed E-state index contributed by atoms with van der Waals surface area (Å²) < 4.78 is 2.05. The Hall–Kier alpha value is -2.20. The molecule has 8 heteroatoms. The molecular weight excluding hydrogens is 513 g/mol. The molecule has 3 heterocycles. The number of piperidine rings is 1. The van der Waals surface area contributed by atoms with E-state index in [9.17, 15) is 0 Å². The molecule has 0 spiro atoms. The van der Waals surface area contributed by atoms with Crippen molar-refractivity contribution in [2.45, 2.75) is 44.7 Å². The van der Waals surface area contributed by atoms with Crippen LogP contribution < -0.4 is 10.6 Å². The van der Waals surface area contributed by atoms with E-state index in [4.69, 9.17) is 0 Å². The molecule has 1 unspecified atom stereocenters. The van der Waals surface area contributed by atoms with Gasteiger partial charge in [-0.05, 0) is 43.9 Å². The SMILES string of the molecule is CN=C(NCCCc1nnc2ccccn12)NC1CCN(C(C)c2ccccc2)CC1.I. The summed E-state index contributed by atoms with van der Waals surface area (Å²) in [7, 11) is 1.84. The van der Waals surface area contributed by atoms with Gasteiger partial charge in [0.05, 0.1) is 0 Å². The number of fused-ring (bicyclic) bond motifs is 1. The van der Waals surface area contributed by atoms with Crippen LogP contribution in [0.4, 0.5) is 0 Å². The van der Waals surface area contributed by atoms with Crippen LogP contribution in [0.3, 0.4) is 0 Å². The highest BCUT2D eigenvalue weighted by Gasteiger charge is 2.23. The molecule has 1 aliphatic heterocycles. The molecule has 32 heavy (non-hydrogen) atoms. The van der Waals surface area contributed by atoms with Crippen LogP contribution in [-0.2, 0) is 6.42 Å². The van der Waals surface area contributed by atoms with Crippen LogP contribution in [0.2, 0.25) is 0 Å². The molecule has 0 amide bonds. The van der Waals surface area contributed by atoms with E-state index in [0.29, 0.717) is 12.1 Å². The Morgan fingerprint density at radius 1 is 1.09 bits per heavy atom. The summed E-state index contributed by atoms with van der Waals surface area (Å²) in [5.41, 5.74) is 2.29. The fourth-order valence-corrected chi connectivity index (χ4v) is 4.28. The fourth-order valence-electron chi connectivity index (χ4n) is 4.28. The van der Waals surface area contributed by atoms with Gasteiger partial charge in [0.2, 0.25) is 0 Å². The Bertz CT molecular complexity index is 980. The largest absolute Gasteiger partial charge is 0.356 e. The number of nitrogens with zero attached hydrogens (tertiary/aromatic N) is 5. The lowest BCUT2D eigenvalue weighted by atomic mass is 10.0. The highest BCUT2D eigenvalue weighted by atomic mass is 127. The molecule has 3 aromatic rings.